The number of carbonyl (C=O) groups is 1. The summed E-state index contributed by atoms with van der Waals surface area (Å²) in [6, 6.07) is 14.0. The molecule has 0 aliphatic carbocycles. The number of amides is 1. The van der Waals surface area contributed by atoms with E-state index in [4.69, 9.17) is 0 Å². The summed E-state index contributed by atoms with van der Waals surface area (Å²) in [6.45, 7) is 3.79. The normalized spacial score (nSPS) is 16.2. The van der Waals surface area contributed by atoms with Crippen molar-refractivity contribution in [1.29, 1.82) is 0 Å². The third kappa shape index (κ3) is 4.26. The SMILES string of the molecule is Cc1cc(/C=C2\SC(=Nc3ccc(F)cc3)NC2=O)c(C)n1-c1cccc([N+](=O)[O-])c1. The van der Waals surface area contributed by atoms with Gasteiger partial charge in [-0.1, -0.05) is 6.07 Å². The minimum atomic E-state index is -0.429. The van der Waals surface area contributed by atoms with Gasteiger partial charge >= 0.3 is 0 Å². The number of hydrogen-bond acceptors (Lipinski definition) is 5. The van der Waals surface area contributed by atoms with Crippen LogP contribution in [0.2, 0.25) is 0 Å². The summed E-state index contributed by atoms with van der Waals surface area (Å²) in [5.41, 5.74) is 3.78. The number of non-ortho nitro benzene ring substituents is 1. The Morgan fingerprint density at radius 3 is 2.61 bits per heavy atom. The molecule has 2 heterocycles. The lowest BCUT2D eigenvalue weighted by molar-refractivity contribution is -0.384. The van der Waals surface area contributed by atoms with Crippen molar-refractivity contribution in [3.05, 3.63) is 92.4 Å². The molecule has 9 heteroatoms. The maximum Gasteiger partial charge on any atom is 0.271 e. The van der Waals surface area contributed by atoms with Crippen molar-refractivity contribution < 1.29 is 14.1 Å². The molecule has 0 atom stereocenters. The van der Waals surface area contributed by atoms with Crippen LogP contribution in [0.25, 0.3) is 11.8 Å². The molecule has 0 spiro atoms. The molecule has 7 nitrogen and oxygen atoms in total. The van der Waals surface area contributed by atoms with E-state index in [1.807, 2.05) is 24.5 Å². The molecule has 0 bridgehead atoms. The Morgan fingerprint density at radius 2 is 1.90 bits per heavy atom. The van der Waals surface area contributed by atoms with E-state index in [0.717, 1.165) is 17.0 Å². The Kier molecular flexibility index (Phi) is 5.43. The summed E-state index contributed by atoms with van der Waals surface area (Å²) >= 11 is 1.20. The third-order valence-corrected chi connectivity index (χ3v) is 5.67. The van der Waals surface area contributed by atoms with Crippen LogP contribution in [0.3, 0.4) is 0 Å². The van der Waals surface area contributed by atoms with Crippen molar-refractivity contribution in [2.45, 2.75) is 13.8 Å². The van der Waals surface area contributed by atoms with E-state index in [-0.39, 0.29) is 17.4 Å². The van der Waals surface area contributed by atoms with Gasteiger partial charge < -0.3 is 9.88 Å². The second-order valence-electron chi connectivity index (χ2n) is 6.90. The van der Waals surface area contributed by atoms with Gasteiger partial charge in [-0.3, -0.25) is 14.9 Å². The number of thioether (sulfide) groups is 1. The molecule has 0 saturated carbocycles. The number of aromatic nitrogens is 1. The van der Waals surface area contributed by atoms with Crippen molar-refractivity contribution in [2.75, 3.05) is 0 Å². The topological polar surface area (TPSA) is 89.5 Å². The number of halogens is 1. The van der Waals surface area contributed by atoms with Crippen LogP contribution in [-0.2, 0) is 4.79 Å². The first-order valence-electron chi connectivity index (χ1n) is 9.31. The van der Waals surface area contributed by atoms with Gasteiger partial charge in [0.2, 0.25) is 0 Å². The fraction of sp³-hybridized carbons (Fsp3) is 0.0909. The molecule has 3 aromatic rings. The second-order valence-corrected chi connectivity index (χ2v) is 7.93. The monoisotopic (exact) mass is 436 g/mol. The van der Waals surface area contributed by atoms with E-state index in [0.29, 0.717) is 21.4 Å². The van der Waals surface area contributed by atoms with Crippen LogP contribution in [-0.4, -0.2) is 20.6 Å². The van der Waals surface area contributed by atoms with Crippen molar-refractivity contribution in [3.8, 4) is 5.69 Å². The van der Waals surface area contributed by atoms with E-state index >= 15 is 0 Å². The zero-order valence-electron chi connectivity index (χ0n) is 16.6. The molecule has 1 N–H and O–H groups in total. The Labute approximate surface area is 181 Å². The van der Waals surface area contributed by atoms with E-state index < -0.39 is 4.92 Å². The second kappa shape index (κ2) is 8.19. The first-order valence-corrected chi connectivity index (χ1v) is 10.1. The van der Waals surface area contributed by atoms with Crippen molar-refractivity contribution in [1.82, 2.24) is 9.88 Å². The maximum atomic E-state index is 13.1. The van der Waals surface area contributed by atoms with Crippen molar-refractivity contribution in [2.24, 2.45) is 4.99 Å². The number of nitro benzene ring substituents is 1. The number of nitrogens with one attached hydrogen (secondary N) is 1. The van der Waals surface area contributed by atoms with Crippen LogP contribution >= 0.6 is 11.8 Å². The lowest BCUT2D eigenvalue weighted by atomic mass is 10.2. The lowest BCUT2D eigenvalue weighted by Gasteiger charge is -2.09. The molecule has 1 saturated heterocycles. The highest BCUT2D eigenvalue weighted by Crippen LogP contribution is 2.31. The summed E-state index contributed by atoms with van der Waals surface area (Å²) in [7, 11) is 0. The number of benzene rings is 2. The van der Waals surface area contributed by atoms with Gasteiger partial charge in [-0.25, -0.2) is 9.38 Å². The largest absolute Gasteiger partial charge is 0.318 e. The molecule has 1 aliphatic rings. The molecule has 2 aromatic carbocycles. The van der Waals surface area contributed by atoms with E-state index in [2.05, 4.69) is 10.3 Å². The van der Waals surface area contributed by atoms with Gasteiger partial charge in [0.15, 0.2) is 5.17 Å². The average molecular weight is 436 g/mol. The van der Waals surface area contributed by atoms with Gasteiger partial charge in [0.05, 0.1) is 21.2 Å². The molecule has 1 aliphatic heterocycles. The Hall–Kier alpha value is -3.72. The van der Waals surface area contributed by atoms with Gasteiger partial charge in [0, 0.05) is 23.5 Å². The van der Waals surface area contributed by atoms with E-state index in [1.165, 1.54) is 48.2 Å². The Balaban J connectivity index is 1.64. The summed E-state index contributed by atoms with van der Waals surface area (Å²) in [4.78, 5) is 27.9. The highest BCUT2D eigenvalue weighted by atomic mass is 32.2. The smallest absolute Gasteiger partial charge is 0.271 e. The quantitative estimate of drug-likeness (QED) is 0.353. The van der Waals surface area contributed by atoms with Crippen molar-refractivity contribution in [3.63, 3.8) is 0 Å². The number of nitrogens with zero attached hydrogens (tertiary/aromatic N) is 3. The zero-order chi connectivity index (χ0) is 22.1. The number of rotatable bonds is 4. The van der Waals surface area contributed by atoms with Crippen LogP contribution < -0.4 is 5.32 Å². The number of amidine groups is 1. The maximum absolute atomic E-state index is 13.1. The van der Waals surface area contributed by atoms with Gasteiger partial charge in [-0.2, -0.15) is 0 Å². The molecule has 31 heavy (non-hydrogen) atoms. The summed E-state index contributed by atoms with van der Waals surface area (Å²) in [5.74, 6) is -0.627. The summed E-state index contributed by atoms with van der Waals surface area (Å²) in [6.07, 6.45) is 1.77. The molecule has 0 unspecified atom stereocenters. The highest BCUT2D eigenvalue weighted by molar-refractivity contribution is 8.18. The molecular weight excluding hydrogens is 419 g/mol. The minimum absolute atomic E-state index is 0.0114. The fourth-order valence-corrected chi connectivity index (χ4v) is 4.16. The lowest BCUT2D eigenvalue weighted by Crippen LogP contribution is -2.19. The van der Waals surface area contributed by atoms with Crippen LogP contribution in [0.5, 0.6) is 0 Å². The number of carbonyl (C=O) groups excluding carboxylic acids is 1. The fourth-order valence-electron chi connectivity index (χ4n) is 3.33. The number of nitro groups is 1. The third-order valence-electron chi connectivity index (χ3n) is 4.76. The summed E-state index contributed by atoms with van der Waals surface area (Å²) in [5, 5.41) is 14.2. The number of aliphatic imine (C=N–C) groups is 1. The zero-order valence-corrected chi connectivity index (χ0v) is 17.4. The van der Waals surface area contributed by atoms with Crippen LogP contribution in [0, 0.1) is 29.8 Å². The molecule has 156 valence electrons. The first kappa shape index (κ1) is 20.5. The van der Waals surface area contributed by atoms with Gasteiger partial charge in [0.1, 0.15) is 5.82 Å². The van der Waals surface area contributed by atoms with Crippen LogP contribution in [0.15, 0.2) is 64.5 Å². The molecule has 4 rings (SSSR count). The Morgan fingerprint density at radius 1 is 1.16 bits per heavy atom. The number of hydrogen-bond donors (Lipinski definition) is 1. The van der Waals surface area contributed by atoms with Crippen molar-refractivity contribution >= 4 is 40.3 Å². The number of aryl methyl sites for hydroxylation is 1. The Bertz CT molecular complexity index is 1260. The predicted octanol–water partition coefficient (Wildman–Crippen LogP) is 5.03. The van der Waals surface area contributed by atoms with Gasteiger partial charge in [-0.15, -0.1) is 0 Å². The van der Waals surface area contributed by atoms with E-state index in [1.54, 1.807) is 18.2 Å². The average Bonchev–Trinajstić information content (AvgIpc) is 3.22. The van der Waals surface area contributed by atoms with Gasteiger partial charge in [-0.05, 0) is 73.6 Å². The molecule has 1 aromatic heterocycles. The van der Waals surface area contributed by atoms with Crippen LogP contribution in [0.1, 0.15) is 17.0 Å². The first-order chi connectivity index (χ1) is 14.8. The molecule has 0 radical (unpaired) electrons. The molecule has 1 amide bonds. The standard InChI is InChI=1S/C22H17FN4O3S/c1-13-10-15(14(2)26(13)18-4-3-5-19(12-18)27(29)30)11-20-21(28)25-22(31-20)24-17-8-6-16(23)7-9-17/h3-12H,1-2H3,(H,24,25,28)/b20-11-. The summed E-state index contributed by atoms with van der Waals surface area (Å²) < 4.78 is 15.0. The molecule has 1 fully saturated rings. The minimum Gasteiger partial charge on any atom is -0.318 e. The highest BCUT2D eigenvalue weighted by Gasteiger charge is 2.24. The predicted molar refractivity (Wildman–Crippen MR) is 119 cm³/mol. The van der Waals surface area contributed by atoms with Gasteiger partial charge in [0.25, 0.3) is 11.6 Å². The molecular formula is C22H17FN4O3S. The van der Waals surface area contributed by atoms with E-state index in [9.17, 15) is 19.3 Å². The van der Waals surface area contributed by atoms with Crippen LogP contribution in [0.4, 0.5) is 15.8 Å².